The minimum absolute atomic E-state index is 0.0125. The van der Waals surface area contributed by atoms with Gasteiger partial charge in [0.25, 0.3) is 0 Å². The van der Waals surface area contributed by atoms with Gasteiger partial charge >= 0.3 is 5.97 Å². The molecule has 13 heteroatoms. The molecule has 12 nitrogen and oxygen atoms in total. The molecule has 1 aliphatic heterocycles. The maximum absolute atomic E-state index is 13.0. The van der Waals surface area contributed by atoms with Gasteiger partial charge in [-0.2, -0.15) is 5.10 Å². The molecule has 5 heterocycles. The first-order valence-electron chi connectivity index (χ1n) is 21.7. The Bertz CT molecular complexity index is 2330. The summed E-state index contributed by atoms with van der Waals surface area (Å²) in [5, 5.41) is 29.0. The summed E-state index contributed by atoms with van der Waals surface area (Å²) in [6.07, 6.45) is 12.8. The molecule has 0 saturated heterocycles. The highest BCUT2D eigenvalue weighted by atomic mass is 32.1. The van der Waals surface area contributed by atoms with Crippen LogP contribution in [0, 0.1) is 30.1 Å². The van der Waals surface area contributed by atoms with Crippen molar-refractivity contribution in [3.05, 3.63) is 65.1 Å². The van der Waals surface area contributed by atoms with Gasteiger partial charge in [0.2, 0.25) is 0 Å². The molecule has 4 aromatic heterocycles. The number of aromatic carboxylic acids is 1. The summed E-state index contributed by atoms with van der Waals surface area (Å²) in [5.74, 6) is 0.863. The smallest absolute Gasteiger partial charge is 0.355 e. The molecule has 4 atom stereocenters. The van der Waals surface area contributed by atoms with Crippen LogP contribution in [0.1, 0.15) is 113 Å². The molecular weight excluding hydrogens is 759 g/mol. The largest absolute Gasteiger partial charge is 0.476 e. The number of carboxylic acids is 1. The van der Waals surface area contributed by atoms with Crippen LogP contribution in [-0.4, -0.2) is 84.3 Å². The van der Waals surface area contributed by atoms with Gasteiger partial charge in [0.05, 0.1) is 28.6 Å². The number of thiazole rings is 1. The van der Waals surface area contributed by atoms with Gasteiger partial charge in [0.15, 0.2) is 22.5 Å². The lowest BCUT2D eigenvalue weighted by molar-refractivity contribution is -0.248. The van der Waals surface area contributed by atoms with Gasteiger partial charge in [-0.05, 0) is 132 Å². The van der Waals surface area contributed by atoms with Crippen molar-refractivity contribution in [2.24, 2.45) is 16.2 Å². The Labute approximate surface area is 351 Å². The Kier molecular flexibility index (Phi) is 10.3. The molecule has 4 aliphatic carbocycles. The fourth-order valence-electron chi connectivity index (χ4n) is 12.6. The highest BCUT2D eigenvalue weighted by molar-refractivity contribution is 7.22. The van der Waals surface area contributed by atoms with Crippen molar-refractivity contribution >= 4 is 50.1 Å². The first-order chi connectivity index (χ1) is 28.3. The third kappa shape index (κ3) is 7.52. The zero-order valence-electron chi connectivity index (χ0n) is 35.6. The van der Waals surface area contributed by atoms with Crippen LogP contribution in [0.2, 0.25) is 0 Å². The number of nitrogens with one attached hydrogen (secondary N) is 1. The van der Waals surface area contributed by atoms with Crippen molar-refractivity contribution in [1.29, 1.82) is 0 Å². The van der Waals surface area contributed by atoms with Crippen LogP contribution in [0.15, 0.2) is 42.6 Å². The lowest BCUT2D eigenvalue weighted by atomic mass is 9.39. The van der Waals surface area contributed by atoms with Crippen molar-refractivity contribution in [2.45, 2.75) is 118 Å². The molecule has 4 bridgehead atoms. The Balaban J connectivity index is 0.959. The van der Waals surface area contributed by atoms with Crippen LogP contribution in [0.25, 0.3) is 21.3 Å². The number of ether oxygens (including phenoxy) is 1. The number of nitrogens with zero attached hydrogens (tertiary/aromatic N) is 8. The van der Waals surface area contributed by atoms with E-state index in [1.54, 1.807) is 11.3 Å². The molecule has 1 aromatic carbocycles. The lowest BCUT2D eigenvalue weighted by Gasteiger charge is -2.69. The average molecular weight is 818 g/mol. The van der Waals surface area contributed by atoms with Crippen molar-refractivity contribution in [2.75, 3.05) is 43.0 Å². The number of hydrogen-bond acceptors (Lipinski definition) is 11. The van der Waals surface area contributed by atoms with Crippen LogP contribution < -0.4 is 10.2 Å². The Morgan fingerprint density at radius 2 is 1.69 bits per heavy atom. The summed E-state index contributed by atoms with van der Waals surface area (Å²) in [7, 11) is 0. The molecule has 59 heavy (non-hydrogen) atoms. The minimum Gasteiger partial charge on any atom is -0.476 e. The predicted octanol–water partition coefficient (Wildman–Crippen LogP) is 9.75. The quantitative estimate of drug-likeness (QED) is 0.105. The molecule has 0 spiro atoms. The molecule has 312 valence electrons. The Hall–Kier alpha value is -4.46. The molecule has 4 fully saturated rings. The first kappa shape index (κ1) is 40.0. The third-order valence-electron chi connectivity index (χ3n) is 13.7. The zero-order chi connectivity index (χ0) is 41.2. The van der Waals surface area contributed by atoms with E-state index >= 15 is 0 Å². The van der Waals surface area contributed by atoms with Crippen molar-refractivity contribution < 1.29 is 14.6 Å². The summed E-state index contributed by atoms with van der Waals surface area (Å²) in [6.45, 7) is 19.1. The number of aromatic nitrogens is 6. The van der Waals surface area contributed by atoms with Crippen LogP contribution in [-0.2, 0) is 17.7 Å². The van der Waals surface area contributed by atoms with Gasteiger partial charge in [-0.15, -0.1) is 10.2 Å². The minimum atomic E-state index is -1.07. The molecule has 4 saturated carbocycles. The van der Waals surface area contributed by atoms with Gasteiger partial charge < -0.3 is 25.0 Å². The van der Waals surface area contributed by atoms with E-state index in [4.69, 9.17) is 19.8 Å². The maximum Gasteiger partial charge on any atom is 0.355 e. The van der Waals surface area contributed by atoms with E-state index in [0.717, 1.165) is 115 Å². The summed E-state index contributed by atoms with van der Waals surface area (Å²) in [4.78, 5) is 27.1. The van der Waals surface area contributed by atoms with Gasteiger partial charge in [0.1, 0.15) is 5.82 Å². The van der Waals surface area contributed by atoms with Gasteiger partial charge in [-0.1, -0.05) is 51.2 Å². The van der Waals surface area contributed by atoms with Crippen LogP contribution in [0.3, 0.4) is 0 Å². The second-order valence-electron chi connectivity index (χ2n) is 19.1. The van der Waals surface area contributed by atoms with Crippen molar-refractivity contribution in [1.82, 2.24) is 34.8 Å². The van der Waals surface area contributed by atoms with Crippen LogP contribution >= 0.6 is 11.3 Å². The highest BCUT2D eigenvalue weighted by Crippen LogP contribution is 2.72. The fourth-order valence-corrected chi connectivity index (χ4v) is 13.5. The monoisotopic (exact) mass is 817 g/mol. The van der Waals surface area contributed by atoms with E-state index < -0.39 is 5.97 Å². The number of anilines is 4. The van der Waals surface area contributed by atoms with Gasteiger partial charge in [-0.3, -0.25) is 4.68 Å². The van der Waals surface area contributed by atoms with Crippen molar-refractivity contribution in [3.8, 4) is 11.1 Å². The number of rotatable bonds is 15. The summed E-state index contributed by atoms with van der Waals surface area (Å²) >= 11 is 1.58. The number of hydrogen-bond donors (Lipinski definition) is 2. The predicted molar refractivity (Wildman–Crippen MR) is 234 cm³/mol. The number of carbonyl (C=O) groups is 1. The number of pyridine rings is 1. The molecule has 10 rings (SSSR count). The van der Waals surface area contributed by atoms with Crippen LogP contribution in [0.4, 0.5) is 22.6 Å². The van der Waals surface area contributed by atoms with Gasteiger partial charge in [-0.25, -0.2) is 14.8 Å². The molecule has 0 unspecified atom stereocenters. The summed E-state index contributed by atoms with van der Waals surface area (Å²) < 4.78 is 10.3. The Morgan fingerprint density at radius 1 is 0.932 bits per heavy atom. The third-order valence-corrected chi connectivity index (χ3v) is 14.6. The Morgan fingerprint density at radius 3 is 2.42 bits per heavy atom. The van der Waals surface area contributed by atoms with Gasteiger partial charge in [0, 0.05) is 47.6 Å². The van der Waals surface area contributed by atoms with E-state index in [2.05, 4.69) is 72.7 Å². The molecular formula is C46H59N9O3S. The lowest BCUT2D eigenvalue weighted by Crippen LogP contribution is -2.64. The van der Waals surface area contributed by atoms with E-state index in [1.165, 1.54) is 19.3 Å². The summed E-state index contributed by atoms with van der Waals surface area (Å²) in [6, 6.07) is 11.9. The number of para-hydroxylation sites is 1. The molecule has 5 aliphatic rings. The van der Waals surface area contributed by atoms with E-state index in [1.807, 2.05) is 41.4 Å². The normalized spacial score (nSPS) is 25.9. The van der Waals surface area contributed by atoms with E-state index in [0.29, 0.717) is 29.6 Å². The zero-order valence-corrected chi connectivity index (χ0v) is 36.4. The number of carboxylic acid groups (broad SMARTS) is 1. The topological polar surface area (TPSA) is 134 Å². The summed E-state index contributed by atoms with van der Waals surface area (Å²) in [5.41, 5.74) is 5.82. The molecule has 0 amide bonds. The SMILES string of the molecule is CCCN(CCC)CCO[C@]12C[C@@]3(C)C[C@](C)(C[C@](Cn4ncc(-c5ccc(N6CCCc7c6nnc(Nc6nc8ccccc8s6)c7C)nc5C(=O)O)c4C)(C3)C1)C2. The highest BCUT2D eigenvalue weighted by Gasteiger charge is 2.66. The second kappa shape index (κ2) is 15.2. The average Bonchev–Trinajstić information content (AvgIpc) is 3.76. The standard InChI is InChI=1S/C46H59N9O3S/c1-7-17-53(18-8-2)20-21-58-46-26-43(5)23-44(6,27-46)25-45(24-43,28-46)29-55-31(4)34(22-47-55)33-15-16-37(49-38(33)41(56)57)54-19-11-12-32-30(3)39(51-52-40(32)54)50-42-48-35-13-9-10-14-36(35)59-42/h9-10,13-16,22H,7-8,11-12,17-21,23-29H2,1-6H3,(H,56,57)(H,48,50,51)/t43-,44+,45+,46-. The first-order valence-corrected chi connectivity index (χ1v) is 22.5. The number of fused-ring (bicyclic) bond motifs is 2. The number of benzene rings is 1. The maximum atomic E-state index is 13.0. The van der Waals surface area contributed by atoms with Crippen molar-refractivity contribution in [3.63, 3.8) is 0 Å². The van der Waals surface area contributed by atoms with E-state index in [-0.39, 0.29) is 27.5 Å². The molecule has 5 aromatic rings. The molecule has 0 radical (unpaired) electrons. The van der Waals surface area contributed by atoms with Crippen LogP contribution in [0.5, 0.6) is 0 Å². The molecule has 2 N–H and O–H groups in total. The van der Waals surface area contributed by atoms with E-state index in [9.17, 15) is 9.90 Å². The second-order valence-corrected chi connectivity index (χ2v) is 20.1. The fraction of sp³-hybridized carbons (Fsp3) is 0.565.